The minimum atomic E-state index is -4.43. The third-order valence-electron chi connectivity index (χ3n) is 2.44. The van der Waals surface area contributed by atoms with Gasteiger partial charge in [0.25, 0.3) is 0 Å². The van der Waals surface area contributed by atoms with Crippen molar-refractivity contribution in [3.63, 3.8) is 0 Å². The SMILES string of the molecule is CC(Cl)c1cn(-c2ccc(Br)c(C(F)(F)F)c2)nn1. The number of aromatic nitrogens is 3. The highest BCUT2D eigenvalue weighted by atomic mass is 79.9. The van der Waals surface area contributed by atoms with Gasteiger partial charge in [-0.15, -0.1) is 16.7 Å². The average molecular weight is 355 g/mol. The molecule has 8 heteroatoms. The lowest BCUT2D eigenvalue weighted by atomic mass is 10.2. The molecule has 0 amide bonds. The second-order valence-electron chi connectivity index (χ2n) is 3.87. The maximum Gasteiger partial charge on any atom is 0.417 e. The van der Waals surface area contributed by atoms with E-state index in [9.17, 15) is 13.2 Å². The fourth-order valence-electron chi connectivity index (χ4n) is 1.46. The summed E-state index contributed by atoms with van der Waals surface area (Å²) < 4.78 is 39.6. The van der Waals surface area contributed by atoms with E-state index in [4.69, 9.17) is 11.6 Å². The van der Waals surface area contributed by atoms with Gasteiger partial charge in [-0.05, 0) is 25.1 Å². The molecule has 0 fully saturated rings. The molecule has 3 nitrogen and oxygen atoms in total. The quantitative estimate of drug-likeness (QED) is 0.751. The molecular formula is C11H8BrClF3N3. The van der Waals surface area contributed by atoms with Crippen LogP contribution in [0.15, 0.2) is 28.9 Å². The van der Waals surface area contributed by atoms with Crippen LogP contribution in [-0.4, -0.2) is 15.0 Å². The van der Waals surface area contributed by atoms with Crippen LogP contribution in [0.5, 0.6) is 0 Å². The van der Waals surface area contributed by atoms with Crippen molar-refractivity contribution in [3.8, 4) is 5.69 Å². The van der Waals surface area contributed by atoms with Crippen LogP contribution in [0.3, 0.4) is 0 Å². The number of halogens is 5. The van der Waals surface area contributed by atoms with Crippen molar-refractivity contribution in [2.75, 3.05) is 0 Å². The number of hydrogen-bond donors (Lipinski definition) is 0. The molecule has 0 aliphatic carbocycles. The van der Waals surface area contributed by atoms with E-state index in [1.165, 1.54) is 23.0 Å². The standard InChI is InChI=1S/C11H8BrClF3N3/c1-6(13)10-5-19(18-17-10)7-2-3-9(12)8(4-7)11(14,15)16/h2-6H,1H3. The van der Waals surface area contributed by atoms with Gasteiger partial charge in [-0.3, -0.25) is 0 Å². The van der Waals surface area contributed by atoms with Crippen molar-refractivity contribution in [1.29, 1.82) is 0 Å². The third kappa shape index (κ3) is 3.09. The molecule has 1 aromatic heterocycles. The number of hydrogen-bond acceptors (Lipinski definition) is 2. The monoisotopic (exact) mass is 353 g/mol. The largest absolute Gasteiger partial charge is 0.417 e. The van der Waals surface area contributed by atoms with Crippen LogP contribution in [0.4, 0.5) is 13.2 Å². The van der Waals surface area contributed by atoms with E-state index < -0.39 is 11.7 Å². The van der Waals surface area contributed by atoms with E-state index in [2.05, 4.69) is 26.2 Å². The maximum absolute atomic E-state index is 12.8. The Morgan fingerprint density at radius 3 is 2.58 bits per heavy atom. The molecule has 19 heavy (non-hydrogen) atoms. The van der Waals surface area contributed by atoms with Gasteiger partial charge in [0.2, 0.25) is 0 Å². The first-order valence-electron chi connectivity index (χ1n) is 5.22. The first-order chi connectivity index (χ1) is 8.79. The highest BCUT2D eigenvalue weighted by Crippen LogP contribution is 2.35. The summed E-state index contributed by atoms with van der Waals surface area (Å²) >= 11 is 8.71. The van der Waals surface area contributed by atoms with Crippen molar-refractivity contribution < 1.29 is 13.2 Å². The Bertz CT molecular complexity index is 595. The van der Waals surface area contributed by atoms with E-state index in [0.717, 1.165) is 6.07 Å². The molecule has 0 saturated carbocycles. The van der Waals surface area contributed by atoms with Gasteiger partial charge in [-0.25, -0.2) is 4.68 Å². The van der Waals surface area contributed by atoms with E-state index in [0.29, 0.717) is 5.69 Å². The van der Waals surface area contributed by atoms with Crippen LogP contribution in [0.25, 0.3) is 5.69 Å². The Balaban J connectivity index is 2.45. The lowest BCUT2D eigenvalue weighted by molar-refractivity contribution is -0.138. The second kappa shape index (κ2) is 5.13. The van der Waals surface area contributed by atoms with Gasteiger partial charge in [0.15, 0.2) is 0 Å². The lowest BCUT2D eigenvalue weighted by Crippen LogP contribution is -2.07. The summed E-state index contributed by atoms with van der Waals surface area (Å²) in [6, 6.07) is 3.84. The minimum Gasteiger partial charge on any atom is -0.220 e. The first kappa shape index (κ1) is 14.3. The zero-order chi connectivity index (χ0) is 14.2. The van der Waals surface area contributed by atoms with Crippen LogP contribution >= 0.6 is 27.5 Å². The van der Waals surface area contributed by atoms with Crippen molar-refractivity contribution in [2.45, 2.75) is 18.5 Å². The molecule has 2 rings (SSSR count). The fraction of sp³-hybridized carbons (Fsp3) is 0.273. The highest BCUT2D eigenvalue weighted by molar-refractivity contribution is 9.10. The Labute approximate surface area is 120 Å². The molecule has 0 N–H and O–H groups in total. The molecular weight excluding hydrogens is 346 g/mol. The van der Waals surface area contributed by atoms with Gasteiger partial charge in [-0.2, -0.15) is 13.2 Å². The number of alkyl halides is 4. The molecule has 0 bridgehead atoms. The summed E-state index contributed by atoms with van der Waals surface area (Å²) in [5, 5.41) is 7.20. The van der Waals surface area contributed by atoms with Gasteiger partial charge in [0.1, 0.15) is 5.69 Å². The lowest BCUT2D eigenvalue weighted by Gasteiger charge is -2.10. The van der Waals surface area contributed by atoms with Gasteiger partial charge >= 0.3 is 6.18 Å². The Hall–Kier alpha value is -1.08. The van der Waals surface area contributed by atoms with Gasteiger partial charge < -0.3 is 0 Å². The molecule has 1 aromatic carbocycles. The van der Waals surface area contributed by atoms with E-state index >= 15 is 0 Å². The zero-order valence-electron chi connectivity index (χ0n) is 9.62. The van der Waals surface area contributed by atoms with Crippen LogP contribution in [0.2, 0.25) is 0 Å². The van der Waals surface area contributed by atoms with Crippen LogP contribution in [-0.2, 0) is 6.18 Å². The molecule has 0 spiro atoms. The zero-order valence-corrected chi connectivity index (χ0v) is 12.0. The van der Waals surface area contributed by atoms with Gasteiger partial charge in [0, 0.05) is 4.47 Å². The first-order valence-corrected chi connectivity index (χ1v) is 6.45. The fourth-order valence-corrected chi connectivity index (χ4v) is 2.03. The smallest absolute Gasteiger partial charge is 0.220 e. The molecule has 2 aromatic rings. The Kier molecular flexibility index (Phi) is 3.87. The number of rotatable bonds is 2. The Morgan fingerprint density at radius 2 is 2.05 bits per heavy atom. The molecule has 1 unspecified atom stereocenters. The molecule has 102 valence electrons. The van der Waals surface area contributed by atoms with Crippen molar-refractivity contribution >= 4 is 27.5 Å². The van der Waals surface area contributed by atoms with Gasteiger partial charge in [-0.1, -0.05) is 21.1 Å². The molecule has 0 aliphatic heterocycles. The Morgan fingerprint density at radius 1 is 1.37 bits per heavy atom. The third-order valence-corrected chi connectivity index (χ3v) is 3.35. The topological polar surface area (TPSA) is 30.7 Å². The summed E-state index contributed by atoms with van der Waals surface area (Å²) in [6.07, 6.45) is -2.93. The van der Waals surface area contributed by atoms with Crippen molar-refractivity contribution in [3.05, 3.63) is 40.1 Å². The maximum atomic E-state index is 12.8. The molecule has 0 saturated heterocycles. The normalized spacial score (nSPS) is 13.6. The molecule has 1 atom stereocenters. The summed E-state index contributed by atoms with van der Waals surface area (Å²) in [6.45, 7) is 1.71. The molecule has 0 radical (unpaired) electrons. The number of benzene rings is 1. The highest BCUT2D eigenvalue weighted by Gasteiger charge is 2.33. The van der Waals surface area contributed by atoms with Crippen molar-refractivity contribution in [1.82, 2.24) is 15.0 Å². The summed E-state index contributed by atoms with van der Waals surface area (Å²) in [5.41, 5.74) is 0.00528. The summed E-state index contributed by atoms with van der Waals surface area (Å²) in [4.78, 5) is 0. The van der Waals surface area contributed by atoms with Crippen LogP contribution in [0.1, 0.15) is 23.6 Å². The van der Waals surface area contributed by atoms with Crippen molar-refractivity contribution in [2.24, 2.45) is 0 Å². The van der Waals surface area contributed by atoms with Crippen LogP contribution in [0, 0.1) is 0 Å². The molecule has 0 aliphatic rings. The predicted molar refractivity (Wildman–Crippen MR) is 68.3 cm³/mol. The average Bonchev–Trinajstić information content (AvgIpc) is 2.77. The predicted octanol–water partition coefficient (Wildman–Crippen LogP) is 4.35. The van der Waals surface area contributed by atoms with Gasteiger partial charge in [0.05, 0.1) is 22.8 Å². The van der Waals surface area contributed by atoms with Crippen LogP contribution < -0.4 is 0 Å². The van der Waals surface area contributed by atoms with E-state index in [1.807, 2.05) is 0 Å². The minimum absolute atomic E-state index is 0.0187. The van der Waals surface area contributed by atoms with E-state index in [-0.39, 0.29) is 15.5 Å². The van der Waals surface area contributed by atoms with E-state index in [1.54, 1.807) is 6.92 Å². The summed E-state index contributed by atoms with van der Waals surface area (Å²) in [5.74, 6) is 0. The second-order valence-corrected chi connectivity index (χ2v) is 5.37. The molecule has 1 heterocycles. The summed E-state index contributed by atoms with van der Waals surface area (Å²) in [7, 11) is 0. The number of nitrogens with zero attached hydrogens (tertiary/aromatic N) is 3.